The molecule has 3 rings (SSSR count). The zero-order valence-electron chi connectivity index (χ0n) is 12.6. The number of nitrogens with one attached hydrogen (secondary N) is 3. The first-order chi connectivity index (χ1) is 12.0. The Balaban J connectivity index is 1.68. The Morgan fingerprint density at radius 1 is 1.24 bits per heavy atom. The standard InChI is InChI=1S/C15H12N4O6/c20-14(17-18-15(21)10-2-1-5-16-10)4-3-9-6-12-13(25-8-24-12)7-11(9)19(22)23/h1-7,16H,8H2,(H,17,20)(H,18,21)/b4-3+. The number of ether oxygens (including phenoxy) is 2. The van der Waals surface area contributed by atoms with Gasteiger partial charge in [0.1, 0.15) is 5.69 Å². The van der Waals surface area contributed by atoms with Gasteiger partial charge in [-0.1, -0.05) is 0 Å². The van der Waals surface area contributed by atoms with Crippen LogP contribution in [0.25, 0.3) is 6.08 Å². The van der Waals surface area contributed by atoms with Gasteiger partial charge in [0.05, 0.1) is 16.6 Å². The number of nitrogens with zero attached hydrogens (tertiary/aromatic N) is 1. The molecule has 0 unspecified atom stereocenters. The lowest BCUT2D eigenvalue weighted by atomic mass is 10.1. The maximum absolute atomic E-state index is 11.8. The summed E-state index contributed by atoms with van der Waals surface area (Å²) in [5, 5.41) is 11.1. The largest absolute Gasteiger partial charge is 0.454 e. The van der Waals surface area contributed by atoms with Gasteiger partial charge < -0.3 is 14.5 Å². The number of amides is 2. The molecule has 25 heavy (non-hydrogen) atoms. The van der Waals surface area contributed by atoms with Crippen LogP contribution in [0.1, 0.15) is 16.1 Å². The third kappa shape index (κ3) is 3.58. The van der Waals surface area contributed by atoms with Crippen LogP contribution >= 0.6 is 0 Å². The van der Waals surface area contributed by atoms with Crippen LogP contribution in [-0.2, 0) is 4.79 Å². The molecule has 10 heteroatoms. The molecule has 0 saturated heterocycles. The number of H-pyrrole nitrogens is 1. The average molecular weight is 344 g/mol. The Bertz CT molecular complexity index is 859. The van der Waals surface area contributed by atoms with Crippen molar-refractivity contribution in [2.75, 3.05) is 6.79 Å². The molecule has 10 nitrogen and oxygen atoms in total. The summed E-state index contributed by atoms with van der Waals surface area (Å²) in [7, 11) is 0. The maximum Gasteiger partial charge on any atom is 0.286 e. The highest BCUT2D eigenvalue weighted by atomic mass is 16.7. The molecular formula is C15H12N4O6. The second-order valence-electron chi connectivity index (χ2n) is 4.88. The summed E-state index contributed by atoms with van der Waals surface area (Å²) < 4.78 is 10.3. The predicted molar refractivity (Wildman–Crippen MR) is 84.7 cm³/mol. The third-order valence-electron chi connectivity index (χ3n) is 3.27. The minimum absolute atomic E-state index is 0.0229. The molecule has 3 N–H and O–H groups in total. The minimum Gasteiger partial charge on any atom is -0.454 e. The van der Waals surface area contributed by atoms with Crippen LogP contribution in [0, 0.1) is 10.1 Å². The fourth-order valence-corrected chi connectivity index (χ4v) is 2.10. The van der Waals surface area contributed by atoms with Gasteiger partial charge in [0.2, 0.25) is 6.79 Å². The summed E-state index contributed by atoms with van der Waals surface area (Å²) in [4.78, 5) is 36.6. The molecule has 1 aromatic carbocycles. The van der Waals surface area contributed by atoms with Crippen molar-refractivity contribution in [3.8, 4) is 11.5 Å². The highest BCUT2D eigenvalue weighted by Crippen LogP contribution is 2.38. The van der Waals surface area contributed by atoms with E-state index in [1.807, 2.05) is 0 Å². The molecule has 0 bridgehead atoms. The highest BCUT2D eigenvalue weighted by Gasteiger charge is 2.22. The van der Waals surface area contributed by atoms with E-state index in [1.165, 1.54) is 24.3 Å². The van der Waals surface area contributed by atoms with E-state index in [4.69, 9.17) is 9.47 Å². The van der Waals surface area contributed by atoms with E-state index >= 15 is 0 Å². The fraction of sp³-hybridized carbons (Fsp3) is 0.0667. The normalized spacial score (nSPS) is 12.2. The van der Waals surface area contributed by atoms with E-state index in [2.05, 4.69) is 15.8 Å². The summed E-state index contributed by atoms with van der Waals surface area (Å²) in [5.74, 6) is -0.565. The average Bonchev–Trinajstić information content (AvgIpc) is 3.27. The van der Waals surface area contributed by atoms with Gasteiger partial charge in [-0.15, -0.1) is 0 Å². The van der Waals surface area contributed by atoms with Crippen LogP contribution in [0.2, 0.25) is 0 Å². The molecule has 0 spiro atoms. The minimum atomic E-state index is -0.660. The molecule has 128 valence electrons. The second kappa shape index (κ2) is 6.74. The molecule has 1 aromatic heterocycles. The Labute approximate surface area is 140 Å². The van der Waals surface area contributed by atoms with Gasteiger partial charge in [0.25, 0.3) is 17.5 Å². The van der Waals surface area contributed by atoms with Gasteiger partial charge in [-0.2, -0.15) is 0 Å². The van der Waals surface area contributed by atoms with Crippen molar-refractivity contribution >= 4 is 23.6 Å². The van der Waals surface area contributed by atoms with Crippen molar-refractivity contribution in [2.45, 2.75) is 0 Å². The SMILES string of the molecule is O=C(/C=C/c1cc2c(cc1[N+](=O)[O-])OCO2)NNC(=O)c1ccc[nH]1. The first kappa shape index (κ1) is 16.1. The number of aromatic nitrogens is 1. The van der Waals surface area contributed by atoms with Gasteiger partial charge in [0.15, 0.2) is 11.5 Å². The van der Waals surface area contributed by atoms with Gasteiger partial charge in [-0.25, -0.2) is 0 Å². The number of nitro benzene ring substituents is 1. The number of hydrogen-bond donors (Lipinski definition) is 3. The smallest absolute Gasteiger partial charge is 0.286 e. The van der Waals surface area contributed by atoms with Gasteiger partial charge in [-0.3, -0.25) is 30.6 Å². The molecule has 0 fully saturated rings. The first-order valence-corrected chi connectivity index (χ1v) is 7.04. The first-order valence-electron chi connectivity index (χ1n) is 7.04. The summed E-state index contributed by atoms with van der Waals surface area (Å²) in [6.07, 6.45) is 3.87. The van der Waals surface area contributed by atoms with Gasteiger partial charge >= 0.3 is 0 Å². The van der Waals surface area contributed by atoms with Crippen LogP contribution in [-0.4, -0.2) is 28.5 Å². The molecule has 1 aliphatic heterocycles. The topological polar surface area (TPSA) is 136 Å². The van der Waals surface area contributed by atoms with Gasteiger partial charge in [-0.05, 0) is 24.3 Å². The molecule has 0 aliphatic carbocycles. The van der Waals surface area contributed by atoms with Crippen LogP contribution in [0.4, 0.5) is 5.69 Å². The molecular weight excluding hydrogens is 332 g/mol. The van der Waals surface area contributed by atoms with Crippen molar-refractivity contribution in [1.82, 2.24) is 15.8 Å². The number of nitro groups is 1. The lowest BCUT2D eigenvalue weighted by Gasteiger charge is -2.04. The maximum atomic E-state index is 11.8. The molecule has 0 radical (unpaired) electrons. The Morgan fingerprint density at radius 3 is 2.68 bits per heavy atom. The van der Waals surface area contributed by atoms with Crippen LogP contribution in [0.5, 0.6) is 11.5 Å². The molecule has 2 amide bonds. The third-order valence-corrected chi connectivity index (χ3v) is 3.27. The van der Waals surface area contributed by atoms with Crippen LogP contribution < -0.4 is 20.3 Å². The van der Waals surface area contributed by atoms with E-state index < -0.39 is 16.7 Å². The number of hydrogen-bond acceptors (Lipinski definition) is 6. The summed E-state index contributed by atoms with van der Waals surface area (Å²) in [5.41, 5.74) is 4.58. The van der Waals surface area contributed by atoms with Crippen molar-refractivity contribution in [1.29, 1.82) is 0 Å². The lowest BCUT2D eigenvalue weighted by molar-refractivity contribution is -0.385. The van der Waals surface area contributed by atoms with Crippen LogP contribution in [0.15, 0.2) is 36.5 Å². The van der Waals surface area contributed by atoms with Crippen molar-refractivity contribution in [2.24, 2.45) is 0 Å². The molecule has 2 aromatic rings. The van der Waals surface area contributed by atoms with Crippen molar-refractivity contribution in [3.63, 3.8) is 0 Å². The number of carbonyl (C=O) groups excluding carboxylic acids is 2. The molecule has 0 atom stereocenters. The lowest BCUT2D eigenvalue weighted by Crippen LogP contribution is -2.40. The summed E-state index contributed by atoms with van der Waals surface area (Å²) >= 11 is 0. The van der Waals surface area contributed by atoms with Crippen LogP contribution in [0.3, 0.4) is 0 Å². The van der Waals surface area contributed by atoms with E-state index in [1.54, 1.807) is 12.3 Å². The van der Waals surface area contributed by atoms with Crippen molar-refractivity contribution in [3.05, 3.63) is 57.9 Å². The molecule has 0 saturated carbocycles. The number of benzene rings is 1. The monoisotopic (exact) mass is 344 g/mol. The highest BCUT2D eigenvalue weighted by molar-refractivity contribution is 5.97. The number of aromatic amines is 1. The molecule has 2 heterocycles. The number of carbonyl (C=O) groups is 2. The van der Waals surface area contributed by atoms with E-state index in [9.17, 15) is 19.7 Å². The zero-order chi connectivity index (χ0) is 17.8. The van der Waals surface area contributed by atoms with Gasteiger partial charge in [0, 0.05) is 12.3 Å². The summed E-state index contributed by atoms with van der Waals surface area (Å²) in [6.45, 7) is -0.0229. The predicted octanol–water partition coefficient (Wildman–Crippen LogP) is 1.13. The second-order valence-corrected chi connectivity index (χ2v) is 4.88. The number of hydrazine groups is 1. The number of fused-ring (bicyclic) bond motifs is 1. The van der Waals surface area contributed by atoms with E-state index in [-0.39, 0.29) is 29.5 Å². The summed E-state index contributed by atoms with van der Waals surface area (Å²) in [6, 6.07) is 5.80. The zero-order valence-corrected chi connectivity index (χ0v) is 12.6. The van der Waals surface area contributed by atoms with E-state index in [0.717, 1.165) is 6.08 Å². The van der Waals surface area contributed by atoms with Crippen molar-refractivity contribution < 1.29 is 24.0 Å². The fourth-order valence-electron chi connectivity index (χ4n) is 2.10. The Morgan fingerprint density at radius 2 is 2.00 bits per heavy atom. The number of rotatable bonds is 4. The Kier molecular flexibility index (Phi) is 4.33. The van der Waals surface area contributed by atoms with E-state index in [0.29, 0.717) is 5.75 Å². The quantitative estimate of drug-likeness (QED) is 0.432. The molecule has 1 aliphatic rings. The Hall–Kier alpha value is -3.82.